The maximum atomic E-state index is 13.1. The summed E-state index contributed by atoms with van der Waals surface area (Å²) in [6, 6.07) is 18.6. The summed E-state index contributed by atoms with van der Waals surface area (Å²) in [5, 5.41) is 19.7. The Morgan fingerprint density at radius 3 is 2.57 bits per heavy atom. The van der Waals surface area contributed by atoms with Gasteiger partial charge in [0.15, 0.2) is 0 Å². The highest BCUT2D eigenvalue weighted by atomic mass is 32.1. The molecule has 5 rings (SSSR count). The number of benzene rings is 2. The highest BCUT2D eigenvalue weighted by Gasteiger charge is 2.28. The smallest absolute Gasteiger partial charge is 0.328 e. The molecule has 3 heterocycles. The summed E-state index contributed by atoms with van der Waals surface area (Å²) in [7, 11) is 0. The summed E-state index contributed by atoms with van der Waals surface area (Å²) < 4.78 is 10.1. The molecule has 1 fully saturated rings. The number of nitrogens with one attached hydrogen (secondary N) is 2. The number of nitrogen functional groups attached to an aromatic ring is 1. The topological polar surface area (TPSA) is 160 Å². The second-order valence-electron chi connectivity index (χ2n) is 8.12. The molecular formula is C26H19N5O5S. The van der Waals surface area contributed by atoms with Gasteiger partial charge in [-0.1, -0.05) is 35.5 Å². The molecule has 1 unspecified atom stereocenters. The Hall–Kier alpha value is -4.95. The highest BCUT2D eigenvalue weighted by Crippen LogP contribution is 2.38. The SMILES string of the molecule is N#Cc1c(Nc2ccc(C(=O)NC3CCOC3=O)cc2)sc(C(=O)c2cc(-c3ccccc3)no2)c1N. The molecule has 1 aliphatic heterocycles. The zero-order valence-corrected chi connectivity index (χ0v) is 20.0. The molecule has 4 N–H and O–H groups in total. The van der Waals surface area contributed by atoms with Crippen molar-refractivity contribution in [2.24, 2.45) is 0 Å². The second-order valence-corrected chi connectivity index (χ2v) is 9.14. The minimum Gasteiger partial charge on any atom is -0.464 e. The fraction of sp³-hybridized carbons (Fsp3) is 0.115. The number of carbonyl (C=O) groups excluding carboxylic acids is 3. The van der Waals surface area contributed by atoms with Gasteiger partial charge in [-0.05, 0) is 24.3 Å². The van der Waals surface area contributed by atoms with Gasteiger partial charge in [-0.2, -0.15) is 5.26 Å². The number of rotatable bonds is 7. The number of nitrogens with two attached hydrogens (primary N) is 1. The number of ketones is 1. The summed E-state index contributed by atoms with van der Waals surface area (Å²) in [6.45, 7) is 0.285. The van der Waals surface area contributed by atoms with E-state index in [9.17, 15) is 19.6 Å². The molecular weight excluding hydrogens is 494 g/mol. The first kappa shape index (κ1) is 23.8. The maximum absolute atomic E-state index is 13.1. The number of thiophene rings is 1. The van der Waals surface area contributed by atoms with Crippen LogP contribution in [0.4, 0.5) is 16.4 Å². The molecule has 1 saturated heterocycles. The van der Waals surface area contributed by atoms with E-state index in [1.807, 2.05) is 36.4 Å². The Labute approximate surface area is 214 Å². The number of nitriles is 1. The first-order valence-corrected chi connectivity index (χ1v) is 12.0. The minimum absolute atomic E-state index is 0.00403. The number of cyclic esters (lactones) is 1. The van der Waals surface area contributed by atoms with E-state index in [4.69, 9.17) is 15.0 Å². The van der Waals surface area contributed by atoms with E-state index in [1.165, 1.54) is 6.07 Å². The largest absolute Gasteiger partial charge is 0.464 e. The highest BCUT2D eigenvalue weighted by molar-refractivity contribution is 7.19. The summed E-state index contributed by atoms with van der Waals surface area (Å²) in [5.41, 5.74) is 8.54. The molecule has 0 spiro atoms. The van der Waals surface area contributed by atoms with Crippen molar-refractivity contribution < 1.29 is 23.6 Å². The predicted molar refractivity (Wildman–Crippen MR) is 135 cm³/mol. The minimum atomic E-state index is -0.651. The average molecular weight is 514 g/mol. The van der Waals surface area contributed by atoms with Crippen LogP contribution in [0.3, 0.4) is 0 Å². The first-order valence-electron chi connectivity index (χ1n) is 11.2. The molecule has 11 heteroatoms. The van der Waals surface area contributed by atoms with Crippen molar-refractivity contribution in [1.29, 1.82) is 5.26 Å². The predicted octanol–water partition coefficient (Wildman–Crippen LogP) is 3.88. The number of ether oxygens (including phenoxy) is 1. The molecule has 0 radical (unpaired) electrons. The molecule has 0 aliphatic carbocycles. The van der Waals surface area contributed by atoms with E-state index < -0.39 is 23.7 Å². The van der Waals surface area contributed by atoms with Crippen LogP contribution in [-0.4, -0.2) is 35.5 Å². The van der Waals surface area contributed by atoms with Gasteiger partial charge in [-0.15, -0.1) is 11.3 Å². The zero-order valence-electron chi connectivity index (χ0n) is 19.2. The van der Waals surface area contributed by atoms with Crippen LogP contribution in [0.2, 0.25) is 0 Å². The van der Waals surface area contributed by atoms with E-state index in [1.54, 1.807) is 24.3 Å². The van der Waals surface area contributed by atoms with Gasteiger partial charge in [0.05, 0.1) is 12.3 Å². The summed E-state index contributed by atoms with van der Waals surface area (Å²) >= 11 is 1.02. The van der Waals surface area contributed by atoms with Crippen LogP contribution in [-0.2, 0) is 9.53 Å². The van der Waals surface area contributed by atoms with Gasteiger partial charge < -0.3 is 25.6 Å². The third-order valence-electron chi connectivity index (χ3n) is 5.71. The van der Waals surface area contributed by atoms with Gasteiger partial charge in [0, 0.05) is 29.3 Å². The fourth-order valence-electron chi connectivity index (χ4n) is 3.76. The van der Waals surface area contributed by atoms with Gasteiger partial charge in [0.25, 0.3) is 5.91 Å². The lowest BCUT2D eigenvalue weighted by Gasteiger charge is -2.10. The summed E-state index contributed by atoms with van der Waals surface area (Å²) in [4.78, 5) is 37.3. The number of anilines is 3. The van der Waals surface area contributed by atoms with Gasteiger partial charge in [-0.3, -0.25) is 9.59 Å². The monoisotopic (exact) mass is 513 g/mol. The van der Waals surface area contributed by atoms with Crippen molar-refractivity contribution in [2.45, 2.75) is 12.5 Å². The lowest BCUT2D eigenvalue weighted by molar-refractivity contribution is -0.139. The molecule has 37 heavy (non-hydrogen) atoms. The van der Waals surface area contributed by atoms with Crippen LogP contribution in [0.15, 0.2) is 65.2 Å². The van der Waals surface area contributed by atoms with E-state index in [2.05, 4.69) is 15.8 Å². The third kappa shape index (κ3) is 4.78. The van der Waals surface area contributed by atoms with Gasteiger partial charge in [0.1, 0.15) is 33.2 Å². The van der Waals surface area contributed by atoms with Crippen LogP contribution in [0, 0.1) is 11.3 Å². The molecule has 1 aliphatic rings. The van der Waals surface area contributed by atoms with Crippen molar-refractivity contribution in [3.05, 3.63) is 82.4 Å². The third-order valence-corrected chi connectivity index (χ3v) is 6.83. The Morgan fingerprint density at radius 1 is 1.14 bits per heavy atom. The Kier molecular flexibility index (Phi) is 6.40. The van der Waals surface area contributed by atoms with Crippen molar-refractivity contribution in [3.8, 4) is 17.3 Å². The van der Waals surface area contributed by atoms with E-state index >= 15 is 0 Å². The van der Waals surface area contributed by atoms with Gasteiger partial charge in [0.2, 0.25) is 11.5 Å². The number of nitrogens with zero attached hydrogens (tertiary/aromatic N) is 2. The molecule has 1 atom stereocenters. The molecule has 1 amide bonds. The van der Waals surface area contributed by atoms with Gasteiger partial charge in [-0.25, -0.2) is 4.79 Å². The van der Waals surface area contributed by atoms with Crippen molar-refractivity contribution in [2.75, 3.05) is 17.7 Å². The Balaban J connectivity index is 1.33. The van der Waals surface area contributed by atoms with Crippen LogP contribution >= 0.6 is 11.3 Å². The maximum Gasteiger partial charge on any atom is 0.328 e. The molecule has 184 valence electrons. The normalized spacial score (nSPS) is 14.6. The molecule has 4 aromatic rings. The first-order chi connectivity index (χ1) is 17.9. The number of aromatic nitrogens is 1. The number of hydrogen-bond acceptors (Lipinski definition) is 10. The zero-order chi connectivity index (χ0) is 25.9. The molecule has 2 aromatic carbocycles. The number of esters is 1. The van der Waals surface area contributed by atoms with Crippen LogP contribution < -0.4 is 16.4 Å². The van der Waals surface area contributed by atoms with E-state index in [0.717, 1.165) is 16.9 Å². The number of amides is 1. The quantitative estimate of drug-likeness (QED) is 0.246. The molecule has 0 bridgehead atoms. The Morgan fingerprint density at radius 2 is 1.89 bits per heavy atom. The van der Waals surface area contributed by atoms with Gasteiger partial charge >= 0.3 is 5.97 Å². The molecule has 2 aromatic heterocycles. The number of hydrogen-bond donors (Lipinski definition) is 3. The van der Waals surface area contributed by atoms with E-state index in [0.29, 0.717) is 28.4 Å². The van der Waals surface area contributed by atoms with Crippen LogP contribution in [0.25, 0.3) is 11.3 Å². The summed E-state index contributed by atoms with van der Waals surface area (Å²) in [5.74, 6) is -1.33. The van der Waals surface area contributed by atoms with E-state index in [-0.39, 0.29) is 28.5 Å². The number of carbonyl (C=O) groups is 3. The lowest BCUT2D eigenvalue weighted by Crippen LogP contribution is -2.37. The summed E-state index contributed by atoms with van der Waals surface area (Å²) in [6.07, 6.45) is 0.434. The van der Waals surface area contributed by atoms with Crippen molar-refractivity contribution in [3.63, 3.8) is 0 Å². The Bertz CT molecular complexity index is 1540. The molecule has 10 nitrogen and oxygen atoms in total. The second kappa shape index (κ2) is 9.96. The van der Waals surface area contributed by atoms with Crippen molar-refractivity contribution >= 4 is 45.4 Å². The van der Waals surface area contributed by atoms with Crippen LogP contribution in [0.1, 0.15) is 37.8 Å². The lowest BCUT2D eigenvalue weighted by atomic mass is 10.1. The van der Waals surface area contributed by atoms with Crippen molar-refractivity contribution in [1.82, 2.24) is 10.5 Å². The average Bonchev–Trinajstić information content (AvgIpc) is 3.64. The fourth-order valence-corrected chi connectivity index (χ4v) is 4.79. The standard InChI is InChI=1S/C26H19N5O5S/c27-13-17-21(28)23(22(32)20-12-19(31-36-20)14-4-2-1-3-5-14)37-25(17)29-16-8-6-15(7-9-16)24(33)30-18-10-11-35-26(18)34/h1-9,12,18,29H,10-11,28H2,(H,30,33). The molecule has 0 saturated carbocycles. The van der Waals surface area contributed by atoms with Crippen LogP contribution in [0.5, 0.6) is 0 Å².